The van der Waals surface area contributed by atoms with Gasteiger partial charge in [-0.05, 0) is 29.0 Å². The van der Waals surface area contributed by atoms with Crippen LogP contribution in [0.25, 0.3) is 0 Å². The normalized spacial score (nSPS) is 11.1. The standard InChI is InChI=1S/C11H11BrN2O2S2/c1-14(4-9-2-7(12)5-17-9)3-8-6-18-10(13-8)11(15)16/h2,5-6H,3-4H2,1H3,(H,15,16). The summed E-state index contributed by atoms with van der Waals surface area (Å²) in [6, 6.07) is 2.09. The molecule has 0 saturated carbocycles. The third kappa shape index (κ3) is 3.61. The smallest absolute Gasteiger partial charge is 0.365 e. The van der Waals surface area contributed by atoms with E-state index in [1.807, 2.05) is 7.05 Å². The molecule has 0 aliphatic rings. The number of nitrogens with zero attached hydrogens (tertiary/aromatic N) is 2. The van der Waals surface area contributed by atoms with Crippen LogP contribution in [-0.4, -0.2) is 28.0 Å². The third-order valence-electron chi connectivity index (χ3n) is 2.21. The summed E-state index contributed by atoms with van der Waals surface area (Å²) in [6.45, 7) is 1.48. The molecular formula is C11H11BrN2O2S2. The molecule has 0 bridgehead atoms. The third-order valence-corrected chi connectivity index (χ3v) is 4.78. The van der Waals surface area contributed by atoms with Crippen LogP contribution in [0, 0.1) is 0 Å². The average Bonchev–Trinajstić information content (AvgIpc) is 2.88. The molecule has 2 heterocycles. The summed E-state index contributed by atoms with van der Waals surface area (Å²) in [5, 5.41) is 12.8. The van der Waals surface area contributed by atoms with E-state index in [1.54, 1.807) is 16.7 Å². The van der Waals surface area contributed by atoms with E-state index in [1.165, 1.54) is 16.2 Å². The van der Waals surface area contributed by atoms with Gasteiger partial charge in [-0.1, -0.05) is 0 Å². The molecular weight excluding hydrogens is 336 g/mol. The Kier molecular flexibility index (Phi) is 4.50. The van der Waals surface area contributed by atoms with Crippen molar-refractivity contribution in [2.24, 2.45) is 0 Å². The summed E-state index contributed by atoms with van der Waals surface area (Å²) < 4.78 is 1.10. The maximum Gasteiger partial charge on any atom is 0.365 e. The topological polar surface area (TPSA) is 53.4 Å². The van der Waals surface area contributed by atoms with Crippen LogP contribution in [0.4, 0.5) is 0 Å². The first kappa shape index (κ1) is 13.7. The number of carboxylic acid groups (broad SMARTS) is 1. The molecule has 0 fully saturated rings. The van der Waals surface area contributed by atoms with Gasteiger partial charge in [0.25, 0.3) is 0 Å². The van der Waals surface area contributed by atoms with Crippen molar-refractivity contribution in [3.63, 3.8) is 0 Å². The van der Waals surface area contributed by atoms with Gasteiger partial charge in [0.15, 0.2) is 0 Å². The molecule has 0 amide bonds. The van der Waals surface area contributed by atoms with Gasteiger partial charge in [0.2, 0.25) is 5.01 Å². The number of rotatable bonds is 5. The lowest BCUT2D eigenvalue weighted by Gasteiger charge is -2.13. The first-order valence-electron chi connectivity index (χ1n) is 5.14. The van der Waals surface area contributed by atoms with Crippen molar-refractivity contribution in [3.05, 3.63) is 36.9 Å². The molecule has 1 N–H and O–H groups in total. The van der Waals surface area contributed by atoms with Crippen LogP contribution in [0.15, 0.2) is 21.3 Å². The van der Waals surface area contributed by atoms with E-state index in [4.69, 9.17) is 5.11 Å². The highest BCUT2D eigenvalue weighted by molar-refractivity contribution is 9.10. The first-order chi connectivity index (χ1) is 8.54. The van der Waals surface area contributed by atoms with Crippen molar-refractivity contribution in [3.8, 4) is 0 Å². The Labute approximate surface area is 121 Å². The number of thiophene rings is 1. The molecule has 0 aliphatic carbocycles. The fourth-order valence-electron chi connectivity index (χ4n) is 1.51. The second kappa shape index (κ2) is 5.92. The number of halogens is 1. The molecule has 0 aromatic carbocycles. The minimum absolute atomic E-state index is 0.150. The lowest BCUT2D eigenvalue weighted by Crippen LogP contribution is -2.16. The van der Waals surface area contributed by atoms with Gasteiger partial charge in [-0.15, -0.1) is 22.7 Å². The summed E-state index contributed by atoms with van der Waals surface area (Å²) in [6.07, 6.45) is 0. The van der Waals surface area contributed by atoms with E-state index in [-0.39, 0.29) is 5.01 Å². The van der Waals surface area contributed by atoms with Gasteiger partial charge in [0, 0.05) is 33.2 Å². The molecule has 2 rings (SSSR count). The summed E-state index contributed by atoms with van der Waals surface area (Å²) in [7, 11) is 1.99. The number of hydrogen-bond donors (Lipinski definition) is 1. The van der Waals surface area contributed by atoms with Gasteiger partial charge >= 0.3 is 5.97 Å². The monoisotopic (exact) mass is 346 g/mol. The summed E-state index contributed by atoms with van der Waals surface area (Å²) >= 11 is 6.29. The summed E-state index contributed by atoms with van der Waals surface area (Å²) in [4.78, 5) is 18.2. The van der Waals surface area contributed by atoms with E-state index in [9.17, 15) is 4.79 Å². The molecule has 0 saturated heterocycles. The number of aromatic nitrogens is 1. The van der Waals surface area contributed by atoms with Crippen LogP contribution < -0.4 is 0 Å². The maximum atomic E-state index is 10.7. The maximum absolute atomic E-state index is 10.7. The molecule has 0 spiro atoms. The molecule has 0 radical (unpaired) electrons. The highest BCUT2D eigenvalue weighted by Crippen LogP contribution is 2.21. The number of hydrogen-bond acceptors (Lipinski definition) is 5. The zero-order chi connectivity index (χ0) is 13.1. The predicted octanol–water partition coefficient (Wildman–Crippen LogP) is 3.30. The van der Waals surface area contributed by atoms with E-state index in [0.29, 0.717) is 6.54 Å². The largest absolute Gasteiger partial charge is 0.476 e. The van der Waals surface area contributed by atoms with Crippen molar-refractivity contribution >= 4 is 44.6 Å². The van der Waals surface area contributed by atoms with Gasteiger partial charge < -0.3 is 5.11 Å². The number of thiazole rings is 1. The lowest BCUT2D eigenvalue weighted by atomic mass is 10.4. The molecule has 96 valence electrons. The van der Waals surface area contributed by atoms with Crippen LogP contribution in [0.3, 0.4) is 0 Å². The molecule has 2 aromatic rings. The van der Waals surface area contributed by atoms with Crippen molar-refractivity contribution < 1.29 is 9.90 Å². The summed E-state index contributed by atoms with van der Waals surface area (Å²) in [5.74, 6) is -0.962. The van der Waals surface area contributed by atoms with Gasteiger partial charge in [-0.2, -0.15) is 0 Å². The Balaban J connectivity index is 1.94. The molecule has 0 atom stereocenters. The highest BCUT2D eigenvalue weighted by Gasteiger charge is 2.11. The molecule has 7 heteroatoms. The fraction of sp³-hybridized carbons (Fsp3) is 0.273. The van der Waals surface area contributed by atoms with Gasteiger partial charge in [-0.3, -0.25) is 4.90 Å². The van der Waals surface area contributed by atoms with Gasteiger partial charge in [0.05, 0.1) is 5.69 Å². The van der Waals surface area contributed by atoms with E-state index >= 15 is 0 Å². The van der Waals surface area contributed by atoms with Crippen LogP contribution in [-0.2, 0) is 13.1 Å². The Bertz CT molecular complexity index is 553. The Morgan fingerprint density at radius 2 is 2.22 bits per heavy atom. The van der Waals surface area contributed by atoms with Crippen LogP contribution in [0.5, 0.6) is 0 Å². The van der Waals surface area contributed by atoms with Gasteiger partial charge in [-0.25, -0.2) is 9.78 Å². The van der Waals surface area contributed by atoms with Crippen molar-refractivity contribution in [1.82, 2.24) is 9.88 Å². The highest BCUT2D eigenvalue weighted by atomic mass is 79.9. The first-order valence-corrected chi connectivity index (χ1v) is 7.69. The average molecular weight is 347 g/mol. The SMILES string of the molecule is CN(Cc1csc(C(=O)O)n1)Cc1cc(Br)cs1. The number of carbonyl (C=O) groups is 1. The second-order valence-corrected chi connectivity index (χ2v) is 6.62. The van der Waals surface area contributed by atoms with Crippen molar-refractivity contribution in [2.45, 2.75) is 13.1 Å². The number of aromatic carboxylic acids is 1. The molecule has 18 heavy (non-hydrogen) atoms. The van der Waals surface area contributed by atoms with Crippen molar-refractivity contribution in [2.75, 3.05) is 7.05 Å². The van der Waals surface area contributed by atoms with E-state index < -0.39 is 5.97 Å². The molecule has 0 aliphatic heterocycles. The fourth-order valence-corrected chi connectivity index (χ4v) is 3.69. The zero-order valence-corrected chi connectivity index (χ0v) is 12.8. The van der Waals surface area contributed by atoms with Crippen LogP contribution in [0.2, 0.25) is 0 Å². The molecule has 2 aromatic heterocycles. The quantitative estimate of drug-likeness (QED) is 0.902. The minimum atomic E-state index is -0.962. The second-order valence-electron chi connectivity index (χ2n) is 3.85. The predicted molar refractivity (Wildman–Crippen MR) is 76.3 cm³/mol. The Morgan fingerprint density at radius 3 is 2.78 bits per heavy atom. The van der Waals surface area contributed by atoms with Crippen LogP contribution in [0.1, 0.15) is 20.4 Å². The van der Waals surface area contributed by atoms with E-state index in [2.05, 4.69) is 37.3 Å². The van der Waals surface area contributed by atoms with E-state index in [0.717, 1.165) is 16.7 Å². The zero-order valence-electron chi connectivity index (χ0n) is 9.59. The number of carboxylic acids is 1. The Hall–Kier alpha value is -0.760. The van der Waals surface area contributed by atoms with Gasteiger partial charge in [0.1, 0.15) is 0 Å². The minimum Gasteiger partial charge on any atom is -0.476 e. The lowest BCUT2D eigenvalue weighted by molar-refractivity contribution is 0.0696. The summed E-state index contributed by atoms with van der Waals surface area (Å²) in [5.41, 5.74) is 0.801. The van der Waals surface area contributed by atoms with Crippen LogP contribution >= 0.6 is 38.6 Å². The van der Waals surface area contributed by atoms with Crippen molar-refractivity contribution in [1.29, 1.82) is 0 Å². The molecule has 4 nitrogen and oxygen atoms in total. The molecule has 0 unspecified atom stereocenters. The Morgan fingerprint density at radius 1 is 1.44 bits per heavy atom.